The largest absolute Gasteiger partial charge is 0.861 e. The predicted octanol–water partition coefficient (Wildman–Crippen LogP) is 1.98. The van der Waals surface area contributed by atoms with Gasteiger partial charge in [0.05, 0.1) is 0 Å². The van der Waals surface area contributed by atoms with Gasteiger partial charge in [0, 0.05) is 5.41 Å². The van der Waals surface area contributed by atoms with E-state index in [1.807, 2.05) is 0 Å². The number of nitrogens with one attached hydrogen (secondary N) is 1. The van der Waals surface area contributed by atoms with Gasteiger partial charge in [-0.2, -0.15) is 5.21 Å². The van der Waals surface area contributed by atoms with E-state index >= 15 is 0 Å². The van der Waals surface area contributed by atoms with Gasteiger partial charge in [0.15, 0.2) is 0 Å². The van der Waals surface area contributed by atoms with Crippen molar-refractivity contribution in [3.63, 3.8) is 0 Å². The molecule has 4 aliphatic carbocycles. The van der Waals surface area contributed by atoms with Gasteiger partial charge in [-0.25, -0.2) is 4.99 Å². The molecule has 0 unspecified atom stereocenters. The Hall–Kier alpha value is -1.46. The van der Waals surface area contributed by atoms with Gasteiger partial charge in [0.25, 0.3) is 5.95 Å². The quantitative estimate of drug-likeness (QED) is 0.665. The average molecular weight is 288 g/mol. The van der Waals surface area contributed by atoms with Gasteiger partial charge in [-0.3, -0.25) is 0 Å². The maximum absolute atomic E-state index is 12.9. The van der Waals surface area contributed by atoms with Crippen LogP contribution in [-0.2, 0) is 0 Å². The molecule has 0 atom stereocenters. The van der Waals surface area contributed by atoms with E-state index in [1.54, 1.807) is 0 Å². The van der Waals surface area contributed by atoms with Crippen LogP contribution in [0.15, 0.2) is 4.99 Å². The molecule has 0 saturated heterocycles. The Morgan fingerprint density at radius 2 is 1.52 bits per heavy atom. The summed E-state index contributed by atoms with van der Waals surface area (Å²) in [5.74, 6) is 0.128. The summed E-state index contributed by atoms with van der Waals surface area (Å²) in [6.07, 6.45) is 6.62. The molecule has 1 aromatic heterocycles. The molecule has 6 nitrogen and oxygen atoms in total. The molecule has 1 N–H and O–H groups in total. The zero-order valence-corrected chi connectivity index (χ0v) is 12.9. The molecule has 0 spiro atoms. The lowest BCUT2D eigenvalue weighted by molar-refractivity contribution is -0.258. The number of rotatable bonds is 2. The van der Waals surface area contributed by atoms with Gasteiger partial charge in [-0.05, 0) is 65.9 Å². The van der Waals surface area contributed by atoms with Crippen molar-refractivity contribution >= 4 is 11.8 Å². The Morgan fingerprint density at radius 1 is 1.00 bits per heavy atom. The Balaban J connectivity index is 1.77. The predicted molar refractivity (Wildman–Crippen MR) is 75.7 cm³/mol. The normalized spacial score (nSPS) is 48.8. The number of aromatic amines is 1. The summed E-state index contributed by atoms with van der Waals surface area (Å²) >= 11 is 0. The van der Waals surface area contributed by atoms with E-state index in [9.17, 15) is 5.11 Å². The van der Waals surface area contributed by atoms with E-state index in [4.69, 9.17) is 0 Å². The number of nitrogens with zero attached hydrogens (tertiary/aromatic N) is 4. The molecule has 4 fully saturated rings. The van der Waals surface area contributed by atoms with Gasteiger partial charge >= 0.3 is 0 Å². The summed E-state index contributed by atoms with van der Waals surface area (Å²) in [7, 11) is 0. The Labute approximate surface area is 124 Å². The molecular weight excluding hydrogens is 266 g/mol. The first-order valence-electron chi connectivity index (χ1n) is 7.74. The monoisotopic (exact) mass is 288 g/mol. The standard InChI is InChI=1S/C15H23N5O/c1-12-4-13(2)6-14(3,5-12)9-15(7-12,8-13)10(21)16-11-17-19-20-18-11/h4-9H2,1-3H3,(H2,16,17,18,19,20,21)/p-1. The summed E-state index contributed by atoms with van der Waals surface area (Å²) in [5.41, 5.74) is 0.523. The Morgan fingerprint density at radius 3 is 1.95 bits per heavy atom. The molecule has 114 valence electrons. The van der Waals surface area contributed by atoms with Crippen LogP contribution in [0, 0.1) is 21.7 Å². The Bertz CT molecular complexity index is 554. The van der Waals surface area contributed by atoms with Gasteiger partial charge in [0.2, 0.25) is 0 Å². The van der Waals surface area contributed by atoms with Crippen molar-refractivity contribution in [1.82, 2.24) is 20.6 Å². The van der Waals surface area contributed by atoms with Crippen LogP contribution in [0.2, 0.25) is 0 Å². The fourth-order valence-corrected chi connectivity index (χ4v) is 6.93. The third-order valence-electron chi connectivity index (χ3n) is 5.85. The summed E-state index contributed by atoms with van der Waals surface area (Å²) in [5, 5.41) is 26.3. The second-order valence-electron chi connectivity index (χ2n) is 8.90. The minimum atomic E-state index is -0.312. The molecule has 0 aliphatic heterocycles. The molecule has 0 radical (unpaired) electrons. The van der Waals surface area contributed by atoms with Crippen molar-refractivity contribution < 1.29 is 5.11 Å². The lowest BCUT2D eigenvalue weighted by Gasteiger charge is -2.70. The van der Waals surface area contributed by atoms with Gasteiger partial charge in [-0.1, -0.05) is 25.9 Å². The van der Waals surface area contributed by atoms with Gasteiger partial charge in [0.1, 0.15) is 0 Å². The second kappa shape index (κ2) is 3.65. The molecule has 1 heterocycles. The lowest BCUT2D eigenvalue weighted by atomic mass is 9.36. The Kier molecular flexibility index (Phi) is 2.30. The fraction of sp³-hybridized carbons (Fsp3) is 0.867. The highest BCUT2D eigenvalue weighted by Crippen LogP contribution is 2.73. The third-order valence-corrected chi connectivity index (χ3v) is 5.85. The first kappa shape index (κ1) is 13.2. The SMILES string of the molecule is CC12CC3(C)CC(C)(C1)CC(C([O-])=Nc1nn[nH]n1)(C2)C3. The van der Waals surface area contributed by atoms with Crippen molar-refractivity contribution in [3.05, 3.63) is 0 Å². The topological polar surface area (TPSA) is 89.9 Å². The van der Waals surface area contributed by atoms with Crippen molar-refractivity contribution in [2.24, 2.45) is 26.7 Å². The maximum Gasteiger partial charge on any atom is 0.287 e. The number of aliphatic imine (C=N–C) groups is 1. The molecule has 4 saturated carbocycles. The van der Waals surface area contributed by atoms with Crippen LogP contribution < -0.4 is 5.11 Å². The number of aromatic nitrogens is 4. The number of hydrogen-bond acceptors (Lipinski definition) is 5. The van der Waals surface area contributed by atoms with E-state index in [2.05, 4.69) is 46.4 Å². The first-order chi connectivity index (χ1) is 9.74. The highest BCUT2D eigenvalue weighted by atomic mass is 16.3. The molecule has 0 amide bonds. The van der Waals surface area contributed by atoms with Crippen molar-refractivity contribution in [3.8, 4) is 0 Å². The van der Waals surface area contributed by atoms with Gasteiger partial charge < -0.3 is 5.11 Å². The molecule has 5 rings (SSSR count). The van der Waals surface area contributed by atoms with E-state index in [1.165, 1.54) is 19.3 Å². The van der Waals surface area contributed by atoms with E-state index < -0.39 is 0 Å². The summed E-state index contributed by atoms with van der Waals surface area (Å²) in [6.45, 7) is 7.08. The maximum atomic E-state index is 12.9. The van der Waals surface area contributed by atoms with Crippen molar-refractivity contribution in [2.75, 3.05) is 0 Å². The molecule has 1 aromatic rings. The van der Waals surface area contributed by atoms with Crippen LogP contribution in [0.4, 0.5) is 5.95 Å². The van der Waals surface area contributed by atoms with Gasteiger partial charge in [-0.15, -0.1) is 5.10 Å². The molecular formula is C15H22N5O-. The van der Waals surface area contributed by atoms with Crippen LogP contribution >= 0.6 is 0 Å². The highest BCUT2D eigenvalue weighted by molar-refractivity contribution is 5.81. The number of hydrogen-bond donors (Lipinski definition) is 1. The van der Waals surface area contributed by atoms with E-state index in [-0.39, 0.29) is 33.5 Å². The van der Waals surface area contributed by atoms with Crippen LogP contribution in [-0.4, -0.2) is 26.5 Å². The number of tetrazole rings is 1. The fourth-order valence-electron chi connectivity index (χ4n) is 6.93. The molecule has 21 heavy (non-hydrogen) atoms. The van der Waals surface area contributed by atoms with Crippen molar-refractivity contribution in [1.29, 1.82) is 0 Å². The summed E-state index contributed by atoms with van der Waals surface area (Å²) < 4.78 is 0. The molecule has 6 heteroatoms. The zero-order valence-electron chi connectivity index (χ0n) is 12.9. The second-order valence-corrected chi connectivity index (χ2v) is 8.90. The minimum absolute atomic E-state index is 0.0355. The molecule has 4 aliphatic rings. The highest BCUT2D eigenvalue weighted by Gasteiger charge is 2.64. The van der Waals surface area contributed by atoms with Crippen molar-refractivity contribution in [2.45, 2.75) is 59.3 Å². The molecule has 0 aromatic carbocycles. The smallest absolute Gasteiger partial charge is 0.287 e. The zero-order chi connectivity index (χ0) is 14.9. The van der Waals surface area contributed by atoms with E-state index in [0.717, 1.165) is 19.3 Å². The van der Waals surface area contributed by atoms with E-state index in [0.29, 0.717) is 0 Å². The minimum Gasteiger partial charge on any atom is -0.861 e. The van der Waals surface area contributed by atoms with Crippen LogP contribution in [0.1, 0.15) is 59.3 Å². The van der Waals surface area contributed by atoms with Crippen LogP contribution in [0.5, 0.6) is 0 Å². The first-order valence-corrected chi connectivity index (χ1v) is 7.74. The number of H-pyrrole nitrogens is 1. The lowest BCUT2D eigenvalue weighted by Crippen LogP contribution is -2.62. The summed E-state index contributed by atoms with van der Waals surface area (Å²) in [6, 6.07) is 0. The average Bonchev–Trinajstić information content (AvgIpc) is 2.74. The third kappa shape index (κ3) is 1.91. The summed E-state index contributed by atoms with van der Waals surface area (Å²) in [4.78, 5) is 4.15. The van der Waals surface area contributed by atoms with Crippen LogP contribution in [0.3, 0.4) is 0 Å². The molecule has 4 bridgehead atoms. The van der Waals surface area contributed by atoms with Crippen LogP contribution in [0.25, 0.3) is 0 Å².